The Morgan fingerprint density at radius 2 is 2.33 bits per heavy atom. The molecule has 1 atom stereocenters. The fraction of sp³-hybridized carbons (Fsp3) is 0.286. The Morgan fingerprint density at radius 3 is 2.75 bits per heavy atom. The maximum atomic E-state index is 11.4. The molecule has 1 N–H and O–H groups in total. The van der Waals surface area contributed by atoms with Crippen LogP contribution in [0, 0.1) is 4.78 Å². The van der Waals surface area contributed by atoms with E-state index >= 15 is 0 Å². The molecule has 0 aromatic carbocycles. The van der Waals surface area contributed by atoms with Gasteiger partial charge < -0.3 is 0 Å². The molecule has 5 heteroatoms. The van der Waals surface area contributed by atoms with Gasteiger partial charge in [0.25, 0.3) is 0 Å². The highest BCUT2D eigenvalue weighted by atomic mass is 35.5. The van der Waals surface area contributed by atoms with E-state index in [2.05, 4.69) is 4.98 Å². The van der Waals surface area contributed by atoms with E-state index in [1.54, 1.807) is 13.0 Å². The molecule has 1 rings (SSSR count). The molecule has 12 heavy (non-hydrogen) atoms. The third-order valence-electron chi connectivity index (χ3n) is 1.44. The minimum absolute atomic E-state index is 0.279. The first-order chi connectivity index (χ1) is 5.56. The quantitative estimate of drug-likeness (QED) is 0.803. The minimum atomic E-state index is -2.68. The Bertz CT molecular complexity index is 357. The normalized spacial score (nSPS) is 15.5. The molecule has 3 nitrogen and oxygen atoms in total. The molecule has 0 aliphatic rings. The summed E-state index contributed by atoms with van der Waals surface area (Å²) in [5.41, 5.74) is 0. The number of rotatable bonds is 2. The summed E-state index contributed by atoms with van der Waals surface area (Å²) in [6, 6.07) is 3.12. The van der Waals surface area contributed by atoms with Gasteiger partial charge in [0.2, 0.25) is 0 Å². The summed E-state index contributed by atoms with van der Waals surface area (Å²) in [5.74, 6) is 0.279. The molecule has 0 saturated heterocycles. The summed E-state index contributed by atoms with van der Waals surface area (Å²) >= 11 is 5.59. The van der Waals surface area contributed by atoms with Gasteiger partial charge in [0.1, 0.15) is 5.03 Å². The fourth-order valence-electron chi connectivity index (χ4n) is 0.705. The fourth-order valence-corrected chi connectivity index (χ4v) is 1.62. The zero-order valence-corrected chi connectivity index (χ0v) is 8.15. The number of hydrogen-bond donors (Lipinski definition) is 1. The second-order valence-electron chi connectivity index (χ2n) is 2.28. The second-order valence-corrected chi connectivity index (χ2v) is 5.06. The first-order valence-electron chi connectivity index (χ1n) is 3.44. The maximum Gasteiger partial charge on any atom is 0.135 e. The van der Waals surface area contributed by atoms with Gasteiger partial charge in [-0.15, -0.1) is 0 Å². The smallest absolute Gasteiger partial charge is 0.135 e. The summed E-state index contributed by atoms with van der Waals surface area (Å²) in [6.07, 6.45) is 1.40. The van der Waals surface area contributed by atoms with Crippen LogP contribution in [0.3, 0.4) is 0 Å². The molecule has 0 saturated carbocycles. The number of aromatic nitrogens is 1. The van der Waals surface area contributed by atoms with Crippen LogP contribution in [-0.4, -0.2) is 14.9 Å². The zero-order valence-electron chi connectivity index (χ0n) is 6.58. The van der Waals surface area contributed by atoms with Gasteiger partial charge in [-0.3, -0.25) is 0 Å². The van der Waals surface area contributed by atoms with Crippen molar-refractivity contribution in [3.8, 4) is 0 Å². The van der Waals surface area contributed by atoms with Crippen molar-refractivity contribution in [2.75, 3.05) is 5.75 Å². The molecular formula is C7H9ClN2OS. The molecule has 1 heterocycles. The van der Waals surface area contributed by atoms with Gasteiger partial charge in [0.05, 0.1) is 14.8 Å². The van der Waals surface area contributed by atoms with E-state index in [0.717, 1.165) is 0 Å². The second kappa shape index (κ2) is 3.41. The monoisotopic (exact) mass is 204 g/mol. The topological polar surface area (TPSA) is 53.8 Å². The number of hydrogen-bond acceptors (Lipinski definition) is 3. The lowest BCUT2D eigenvalue weighted by atomic mass is 10.5. The highest BCUT2D eigenvalue weighted by Crippen LogP contribution is 2.11. The Morgan fingerprint density at radius 1 is 1.67 bits per heavy atom. The largest absolute Gasteiger partial charge is 0.248 e. The molecule has 66 valence electrons. The van der Waals surface area contributed by atoms with Crippen LogP contribution in [0.25, 0.3) is 0 Å². The maximum absolute atomic E-state index is 11.4. The Hall–Kier alpha value is -0.610. The number of nitrogens with zero attached hydrogens (tertiary/aromatic N) is 1. The molecule has 0 amide bonds. The van der Waals surface area contributed by atoms with Crippen molar-refractivity contribution in [3.63, 3.8) is 0 Å². The minimum Gasteiger partial charge on any atom is -0.248 e. The first kappa shape index (κ1) is 9.48. The van der Waals surface area contributed by atoms with Crippen LogP contribution < -0.4 is 0 Å². The molecule has 0 bridgehead atoms. The van der Waals surface area contributed by atoms with Crippen molar-refractivity contribution in [1.29, 1.82) is 4.78 Å². The molecular weight excluding hydrogens is 196 g/mol. The van der Waals surface area contributed by atoms with Gasteiger partial charge in [0.15, 0.2) is 0 Å². The van der Waals surface area contributed by atoms with Gasteiger partial charge in [-0.05, 0) is 12.1 Å². The third kappa shape index (κ3) is 1.95. The number of nitrogens with one attached hydrogen (secondary N) is 1. The Kier molecular flexibility index (Phi) is 2.69. The highest BCUT2D eigenvalue weighted by molar-refractivity contribution is 7.92. The van der Waals surface area contributed by atoms with E-state index in [0.29, 0.717) is 10.0 Å². The standard InChI is InChI=1S/C7H9ClN2OS/c1-2-12(9,11)7-4-3-6(8)5-10-7/h3-5,9H,2H2,1H3/t12-/m1/s1. The Labute approximate surface area is 76.8 Å². The van der Waals surface area contributed by atoms with E-state index < -0.39 is 9.73 Å². The lowest BCUT2D eigenvalue weighted by Crippen LogP contribution is -2.03. The van der Waals surface area contributed by atoms with Gasteiger partial charge >= 0.3 is 0 Å². The Balaban J connectivity index is 3.14. The van der Waals surface area contributed by atoms with Crippen LogP contribution in [0.1, 0.15) is 6.92 Å². The van der Waals surface area contributed by atoms with Gasteiger partial charge in [-0.25, -0.2) is 14.0 Å². The average molecular weight is 205 g/mol. The predicted octanol–water partition coefficient (Wildman–Crippen LogP) is 2.16. The molecule has 0 fully saturated rings. The van der Waals surface area contributed by atoms with E-state index in [9.17, 15) is 4.21 Å². The molecule has 0 aliphatic heterocycles. The summed E-state index contributed by atoms with van der Waals surface area (Å²) in [4.78, 5) is 3.83. The van der Waals surface area contributed by atoms with Crippen LogP contribution in [0.4, 0.5) is 0 Å². The highest BCUT2D eigenvalue weighted by Gasteiger charge is 2.07. The van der Waals surface area contributed by atoms with Crippen molar-refractivity contribution >= 4 is 21.3 Å². The van der Waals surface area contributed by atoms with Crippen LogP contribution >= 0.6 is 11.6 Å². The molecule has 1 aromatic heterocycles. The van der Waals surface area contributed by atoms with Crippen LogP contribution in [0.5, 0.6) is 0 Å². The van der Waals surface area contributed by atoms with E-state index in [1.165, 1.54) is 12.3 Å². The van der Waals surface area contributed by atoms with E-state index in [-0.39, 0.29) is 5.75 Å². The van der Waals surface area contributed by atoms with Gasteiger partial charge in [0, 0.05) is 11.9 Å². The number of pyridine rings is 1. The first-order valence-corrected chi connectivity index (χ1v) is 5.55. The van der Waals surface area contributed by atoms with E-state index in [4.69, 9.17) is 16.4 Å². The molecule has 0 spiro atoms. The average Bonchev–Trinajstić information content (AvgIpc) is 2.05. The van der Waals surface area contributed by atoms with Gasteiger partial charge in [-0.1, -0.05) is 18.5 Å². The molecule has 0 unspecified atom stereocenters. The SMILES string of the molecule is CC[S@@](=N)(=O)c1ccc(Cl)cn1. The molecule has 0 radical (unpaired) electrons. The van der Waals surface area contributed by atoms with Crippen molar-refractivity contribution in [2.45, 2.75) is 11.9 Å². The van der Waals surface area contributed by atoms with Crippen molar-refractivity contribution in [2.24, 2.45) is 0 Å². The van der Waals surface area contributed by atoms with Crippen molar-refractivity contribution in [3.05, 3.63) is 23.4 Å². The van der Waals surface area contributed by atoms with E-state index in [1.807, 2.05) is 0 Å². The van der Waals surface area contributed by atoms with Crippen LogP contribution in [0.2, 0.25) is 5.02 Å². The number of halogens is 1. The molecule has 1 aromatic rings. The van der Waals surface area contributed by atoms with Crippen LogP contribution in [-0.2, 0) is 9.73 Å². The predicted molar refractivity (Wildman–Crippen MR) is 48.9 cm³/mol. The molecule has 0 aliphatic carbocycles. The van der Waals surface area contributed by atoms with Crippen LogP contribution in [0.15, 0.2) is 23.4 Å². The third-order valence-corrected chi connectivity index (χ3v) is 3.40. The van der Waals surface area contributed by atoms with Crippen molar-refractivity contribution in [1.82, 2.24) is 4.98 Å². The van der Waals surface area contributed by atoms with Crippen molar-refractivity contribution < 1.29 is 4.21 Å². The summed E-state index contributed by atoms with van der Waals surface area (Å²) < 4.78 is 18.8. The lowest BCUT2D eigenvalue weighted by molar-refractivity contribution is 0.672. The summed E-state index contributed by atoms with van der Waals surface area (Å²) in [7, 11) is -2.68. The summed E-state index contributed by atoms with van der Waals surface area (Å²) in [6.45, 7) is 1.70. The van der Waals surface area contributed by atoms with Gasteiger partial charge in [-0.2, -0.15) is 0 Å². The lowest BCUT2D eigenvalue weighted by Gasteiger charge is -2.01. The summed E-state index contributed by atoms with van der Waals surface area (Å²) in [5, 5.41) is 0.791. The zero-order chi connectivity index (χ0) is 9.19.